The molecule has 1 saturated heterocycles. The van der Waals surface area contributed by atoms with Gasteiger partial charge >= 0.3 is 0 Å². The lowest BCUT2D eigenvalue weighted by Crippen LogP contribution is -2.29. The molecule has 6 heteroatoms. The summed E-state index contributed by atoms with van der Waals surface area (Å²) in [6.07, 6.45) is 4.46. The molecule has 0 aromatic heterocycles. The van der Waals surface area contributed by atoms with Crippen LogP contribution < -0.4 is 20.7 Å². The van der Waals surface area contributed by atoms with Crippen LogP contribution in [0.4, 0.5) is 11.4 Å². The van der Waals surface area contributed by atoms with E-state index >= 15 is 0 Å². The van der Waals surface area contributed by atoms with Gasteiger partial charge in [-0.3, -0.25) is 9.59 Å². The Labute approximate surface area is 165 Å². The van der Waals surface area contributed by atoms with Crippen LogP contribution in [0.25, 0.3) is 0 Å². The third kappa shape index (κ3) is 5.03. The third-order valence-electron chi connectivity index (χ3n) is 5.06. The van der Waals surface area contributed by atoms with Crippen molar-refractivity contribution >= 4 is 23.2 Å². The number of piperidine rings is 1. The number of nitrogens with one attached hydrogen (secondary N) is 1. The number of aryl methyl sites for hydroxylation is 1. The van der Waals surface area contributed by atoms with Crippen molar-refractivity contribution in [1.29, 1.82) is 0 Å². The first-order valence-electron chi connectivity index (χ1n) is 9.68. The first kappa shape index (κ1) is 19.7. The SMILES string of the molecule is COc1ccc(CCC(=O)Nc2ccc(N3CCCCC3)cc2C(N)=O)cc1. The summed E-state index contributed by atoms with van der Waals surface area (Å²) in [5.41, 5.74) is 8.40. The molecule has 0 radical (unpaired) electrons. The van der Waals surface area contributed by atoms with Gasteiger partial charge in [0.05, 0.1) is 18.4 Å². The maximum absolute atomic E-state index is 12.4. The zero-order valence-corrected chi connectivity index (χ0v) is 16.2. The van der Waals surface area contributed by atoms with Crippen LogP contribution in [-0.2, 0) is 11.2 Å². The number of carbonyl (C=O) groups excluding carboxylic acids is 2. The van der Waals surface area contributed by atoms with Crippen LogP contribution in [0.2, 0.25) is 0 Å². The molecule has 0 unspecified atom stereocenters. The molecule has 0 saturated carbocycles. The Morgan fingerprint density at radius 2 is 1.79 bits per heavy atom. The molecule has 1 heterocycles. The number of hydrogen-bond donors (Lipinski definition) is 2. The monoisotopic (exact) mass is 381 g/mol. The highest BCUT2D eigenvalue weighted by molar-refractivity contribution is 6.03. The van der Waals surface area contributed by atoms with Crippen LogP contribution in [-0.4, -0.2) is 32.0 Å². The number of nitrogens with zero attached hydrogens (tertiary/aromatic N) is 1. The predicted molar refractivity (Wildman–Crippen MR) is 111 cm³/mol. The number of methoxy groups -OCH3 is 1. The molecule has 3 N–H and O–H groups in total. The summed E-state index contributed by atoms with van der Waals surface area (Å²) in [6.45, 7) is 1.96. The molecule has 28 heavy (non-hydrogen) atoms. The summed E-state index contributed by atoms with van der Waals surface area (Å²) < 4.78 is 5.14. The van der Waals surface area contributed by atoms with Crippen LogP contribution in [0.5, 0.6) is 5.75 Å². The standard InChI is InChI=1S/C22H27N3O3/c1-28-18-9-5-16(6-10-18)7-12-21(26)24-20-11-8-17(15-19(20)22(23)27)25-13-3-2-4-14-25/h5-6,8-11,15H,2-4,7,12-14H2,1H3,(H2,23,27)(H,24,26). The van der Waals surface area contributed by atoms with Crippen LogP contribution in [0.15, 0.2) is 42.5 Å². The highest BCUT2D eigenvalue weighted by atomic mass is 16.5. The zero-order valence-electron chi connectivity index (χ0n) is 16.2. The molecule has 1 aliphatic rings. The number of ether oxygens (including phenoxy) is 1. The Morgan fingerprint density at radius 1 is 1.07 bits per heavy atom. The minimum absolute atomic E-state index is 0.149. The molecule has 0 spiro atoms. The summed E-state index contributed by atoms with van der Waals surface area (Å²) in [5.74, 6) is 0.0986. The van der Waals surface area contributed by atoms with Gasteiger partial charge in [0.2, 0.25) is 5.91 Å². The van der Waals surface area contributed by atoms with Crippen molar-refractivity contribution in [2.75, 3.05) is 30.4 Å². The van der Waals surface area contributed by atoms with E-state index in [1.54, 1.807) is 19.2 Å². The second kappa shape index (κ2) is 9.26. The molecule has 2 aromatic rings. The maximum Gasteiger partial charge on any atom is 0.250 e. The Kier molecular flexibility index (Phi) is 6.53. The average molecular weight is 381 g/mol. The molecule has 2 amide bonds. The second-order valence-electron chi connectivity index (χ2n) is 7.04. The normalized spacial score (nSPS) is 13.8. The highest BCUT2D eigenvalue weighted by Crippen LogP contribution is 2.26. The number of anilines is 2. The number of primary amides is 1. The third-order valence-corrected chi connectivity index (χ3v) is 5.06. The Morgan fingerprint density at radius 3 is 2.43 bits per heavy atom. The van der Waals surface area contributed by atoms with Gasteiger partial charge in [0.15, 0.2) is 0 Å². The fourth-order valence-corrected chi connectivity index (χ4v) is 3.46. The largest absolute Gasteiger partial charge is 0.497 e. The fourth-order valence-electron chi connectivity index (χ4n) is 3.46. The van der Waals surface area contributed by atoms with Crippen molar-refractivity contribution in [2.45, 2.75) is 32.1 Å². The van der Waals surface area contributed by atoms with E-state index in [0.29, 0.717) is 24.1 Å². The van der Waals surface area contributed by atoms with Crippen LogP contribution >= 0.6 is 0 Å². The first-order valence-corrected chi connectivity index (χ1v) is 9.68. The van der Waals surface area contributed by atoms with E-state index in [1.165, 1.54) is 6.42 Å². The van der Waals surface area contributed by atoms with Crippen LogP contribution in [0.3, 0.4) is 0 Å². The van der Waals surface area contributed by atoms with Crippen molar-refractivity contribution in [2.24, 2.45) is 5.73 Å². The van der Waals surface area contributed by atoms with E-state index in [4.69, 9.17) is 10.5 Å². The van der Waals surface area contributed by atoms with Gasteiger partial charge in [-0.1, -0.05) is 12.1 Å². The summed E-state index contributed by atoms with van der Waals surface area (Å²) in [6, 6.07) is 13.1. The molecule has 2 aromatic carbocycles. The number of benzene rings is 2. The average Bonchev–Trinajstić information content (AvgIpc) is 2.73. The summed E-state index contributed by atoms with van der Waals surface area (Å²) in [7, 11) is 1.62. The van der Waals surface area contributed by atoms with Crippen molar-refractivity contribution in [1.82, 2.24) is 0 Å². The van der Waals surface area contributed by atoms with Crippen LogP contribution in [0, 0.1) is 0 Å². The molecular formula is C22H27N3O3. The van der Waals surface area contributed by atoms with Gasteiger partial charge in [-0.15, -0.1) is 0 Å². The number of nitrogens with two attached hydrogens (primary N) is 1. The number of rotatable bonds is 7. The number of hydrogen-bond acceptors (Lipinski definition) is 4. The van der Waals surface area contributed by atoms with E-state index in [-0.39, 0.29) is 5.91 Å². The van der Waals surface area contributed by atoms with E-state index in [0.717, 1.165) is 42.9 Å². The number of carbonyl (C=O) groups is 2. The molecule has 0 atom stereocenters. The molecule has 0 aliphatic carbocycles. The topological polar surface area (TPSA) is 84.7 Å². The van der Waals surface area contributed by atoms with E-state index in [1.807, 2.05) is 30.3 Å². The summed E-state index contributed by atoms with van der Waals surface area (Å²) in [4.78, 5) is 26.5. The molecule has 1 aliphatic heterocycles. The van der Waals surface area contributed by atoms with E-state index in [2.05, 4.69) is 10.2 Å². The quantitative estimate of drug-likeness (QED) is 0.770. The predicted octanol–water partition coefficient (Wildman–Crippen LogP) is 3.36. The van der Waals surface area contributed by atoms with Crippen LogP contribution in [0.1, 0.15) is 41.6 Å². The smallest absolute Gasteiger partial charge is 0.250 e. The number of amides is 2. The summed E-state index contributed by atoms with van der Waals surface area (Å²) >= 11 is 0. The van der Waals surface area contributed by atoms with Gasteiger partial charge in [-0.2, -0.15) is 0 Å². The van der Waals surface area contributed by atoms with Gasteiger partial charge in [0.1, 0.15) is 5.75 Å². The Hall–Kier alpha value is -3.02. The Balaban J connectivity index is 1.64. The minimum Gasteiger partial charge on any atom is -0.497 e. The minimum atomic E-state index is -0.538. The van der Waals surface area contributed by atoms with Crippen molar-refractivity contribution in [3.8, 4) is 5.75 Å². The van der Waals surface area contributed by atoms with Crippen molar-refractivity contribution in [3.05, 3.63) is 53.6 Å². The van der Waals surface area contributed by atoms with Gasteiger partial charge < -0.3 is 20.7 Å². The first-order chi connectivity index (χ1) is 13.6. The molecule has 3 rings (SSSR count). The van der Waals surface area contributed by atoms with Gasteiger partial charge in [0, 0.05) is 25.2 Å². The lowest BCUT2D eigenvalue weighted by molar-refractivity contribution is -0.116. The van der Waals surface area contributed by atoms with Crippen molar-refractivity contribution in [3.63, 3.8) is 0 Å². The van der Waals surface area contributed by atoms with Gasteiger partial charge in [-0.05, 0) is 61.6 Å². The molecule has 6 nitrogen and oxygen atoms in total. The van der Waals surface area contributed by atoms with Gasteiger partial charge in [0.25, 0.3) is 5.91 Å². The highest BCUT2D eigenvalue weighted by Gasteiger charge is 2.16. The van der Waals surface area contributed by atoms with E-state index < -0.39 is 5.91 Å². The fraction of sp³-hybridized carbons (Fsp3) is 0.364. The maximum atomic E-state index is 12.4. The second-order valence-corrected chi connectivity index (χ2v) is 7.04. The lowest BCUT2D eigenvalue weighted by atomic mass is 10.1. The summed E-state index contributed by atoms with van der Waals surface area (Å²) in [5, 5.41) is 2.83. The lowest BCUT2D eigenvalue weighted by Gasteiger charge is -2.29. The van der Waals surface area contributed by atoms with Gasteiger partial charge in [-0.25, -0.2) is 0 Å². The molecular weight excluding hydrogens is 354 g/mol. The zero-order chi connectivity index (χ0) is 19.9. The Bertz CT molecular complexity index is 827. The van der Waals surface area contributed by atoms with E-state index in [9.17, 15) is 9.59 Å². The molecule has 1 fully saturated rings. The molecule has 148 valence electrons. The molecule has 0 bridgehead atoms. The van der Waals surface area contributed by atoms with Crippen molar-refractivity contribution < 1.29 is 14.3 Å².